The van der Waals surface area contributed by atoms with E-state index in [1.165, 1.54) is 6.42 Å². The van der Waals surface area contributed by atoms with Crippen LogP contribution in [-0.2, 0) is 4.74 Å². The second kappa shape index (κ2) is 4.25. The molecule has 0 unspecified atom stereocenters. The van der Waals surface area contributed by atoms with Gasteiger partial charge in [0, 0.05) is 5.69 Å². The molecule has 2 fully saturated rings. The van der Waals surface area contributed by atoms with E-state index >= 15 is 0 Å². The number of aryl methyl sites for hydroxylation is 2. The highest BCUT2D eigenvalue weighted by atomic mass is 16.5. The zero-order valence-corrected chi connectivity index (χ0v) is 10.7. The number of nitriles is 1. The molecule has 1 aromatic heterocycles. The molecular weight excluding hydrogens is 226 g/mol. The number of hydrogen-bond acceptors (Lipinski definition) is 4. The van der Waals surface area contributed by atoms with Gasteiger partial charge in [-0.25, -0.2) is 4.98 Å². The first-order valence-corrected chi connectivity index (χ1v) is 6.47. The number of nitrogens with one attached hydrogen (secondary N) is 1. The van der Waals surface area contributed by atoms with Crippen LogP contribution in [0.4, 0.5) is 5.82 Å². The zero-order valence-electron chi connectivity index (χ0n) is 10.7. The third kappa shape index (κ3) is 1.85. The van der Waals surface area contributed by atoms with Crippen LogP contribution in [-0.4, -0.2) is 23.2 Å². The molecule has 3 rings (SSSR count). The van der Waals surface area contributed by atoms with Crippen molar-refractivity contribution in [3.63, 3.8) is 0 Å². The van der Waals surface area contributed by atoms with Gasteiger partial charge in [-0.3, -0.25) is 0 Å². The second-order valence-corrected chi connectivity index (χ2v) is 5.28. The molecule has 94 valence electrons. The summed E-state index contributed by atoms with van der Waals surface area (Å²) in [5.41, 5.74) is 2.58. The fourth-order valence-electron chi connectivity index (χ4n) is 3.05. The number of rotatable bonds is 2. The quantitative estimate of drug-likeness (QED) is 0.866. The first-order chi connectivity index (χ1) is 8.67. The van der Waals surface area contributed by atoms with Crippen molar-refractivity contribution in [3.05, 3.63) is 22.9 Å². The largest absolute Gasteiger partial charge is 0.373 e. The van der Waals surface area contributed by atoms with Crippen LogP contribution in [0.25, 0.3) is 0 Å². The minimum absolute atomic E-state index is 0.296. The van der Waals surface area contributed by atoms with E-state index in [0.29, 0.717) is 23.8 Å². The maximum absolute atomic E-state index is 9.23. The second-order valence-electron chi connectivity index (χ2n) is 5.28. The summed E-state index contributed by atoms with van der Waals surface area (Å²) in [4.78, 5) is 4.46. The van der Waals surface area contributed by atoms with Crippen LogP contribution in [0, 0.1) is 25.2 Å². The monoisotopic (exact) mass is 243 g/mol. The molecule has 0 spiro atoms. The van der Waals surface area contributed by atoms with Gasteiger partial charge in [0.05, 0.1) is 23.8 Å². The van der Waals surface area contributed by atoms with Crippen molar-refractivity contribution in [1.29, 1.82) is 5.26 Å². The topological polar surface area (TPSA) is 57.9 Å². The van der Waals surface area contributed by atoms with Gasteiger partial charge in [0.25, 0.3) is 0 Å². The molecule has 2 aliphatic heterocycles. The van der Waals surface area contributed by atoms with Crippen molar-refractivity contribution < 1.29 is 4.74 Å². The normalized spacial score (nSPS) is 29.3. The van der Waals surface area contributed by atoms with Gasteiger partial charge in [0.2, 0.25) is 0 Å². The molecule has 0 radical (unpaired) electrons. The standard InChI is InChI=1S/C14H17N3O/c1-8-5-9(2)16-14(11(8)7-15)17-12-6-10-3-4-13(12)18-10/h5,10,12-13H,3-4,6H2,1-2H3,(H,16,17)/t10-,12-,13+/m1/s1. The Balaban J connectivity index is 1.86. The van der Waals surface area contributed by atoms with Crippen LogP contribution in [0.1, 0.15) is 36.1 Å². The fourth-order valence-corrected chi connectivity index (χ4v) is 3.05. The number of aromatic nitrogens is 1. The molecule has 1 N–H and O–H groups in total. The van der Waals surface area contributed by atoms with Crippen molar-refractivity contribution in [2.75, 3.05) is 5.32 Å². The molecule has 0 saturated carbocycles. The summed E-state index contributed by atoms with van der Waals surface area (Å²) in [5, 5.41) is 12.6. The average Bonchev–Trinajstić information content (AvgIpc) is 2.90. The molecule has 0 aromatic carbocycles. The molecule has 4 heteroatoms. The Bertz CT molecular complexity index is 521. The van der Waals surface area contributed by atoms with E-state index in [0.717, 1.165) is 29.9 Å². The van der Waals surface area contributed by atoms with Crippen LogP contribution in [0.15, 0.2) is 6.07 Å². The first-order valence-electron chi connectivity index (χ1n) is 6.47. The van der Waals surface area contributed by atoms with E-state index in [4.69, 9.17) is 4.74 Å². The Morgan fingerprint density at radius 1 is 1.44 bits per heavy atom. The number of nitrogens with zero attached hydrogens (tertiary/aromatic N) is 2. The Morgan fingerprint density at radius 3 is 2.89 bits per heavy atom. The molecule has 3 heterocycles. The van der Waals surface area contributed by atoms with Gasteiger partial charge in [-0.05, 0) is 44.7 Å². The summed E-state index contributed by atoms with van der Waals surface area (Å²) in [7, 11) is 0. The predicted octanol–water partition coefficient (Wildman–Crippen LogP) is 2.30. The van der Waals surface area contributed by atoms with Crippen molar-refractivity contribution in [2.24, 2.45) is 0 Å². The van der Waals surface area contributed by atoms with Crippen LogP contribution in [0.3, 0.4) is 0 Å². The van der Waals surface area contributed by atoms with Gasteiger partial charge in [-0.2, -0.15) is 5.26 Å². The summed E-state index contributed by atoms with van der Waals surface area (Å²) < 4.78 is 5.82. The van der Waals surface area contributed by atoms with E-state index in [1.54, 1.807) is 0 Å². The van der Waals surface area contributed by atoms with Gasteiger partial charge >= 0.3 is 0 Å². The molecule has 0 aliphatic carbocycles. The lowest BCUT2D eigenvalue weighted by molar-refractivity contribution is 0.102. The Labute approximate surface area is 107 Å². The highest BCUT2D eigenvalue weighted by Gasteiger charge is 2.41. The summed E-state index contributed by atoms with van der Waals surface area (Å²) in [6.07, 6.45) is 4.03. The Kier molecular flexibility index (Phi) is 2.71. The number of hydrogen-bond donors (Lipinski definition) is 1. The fraction of sp³-hybridized carbons (Fsp3) is 0.571. The lowest BCUT2D eigenvalue weighted by Gasteiger charge is -2.21. The zero-order chi connectivity index (χ0) is 12.7. The maximum atomic E-state index is 9.23. The van der Waals surface area contributed by atoms with Crippen LogP contribution < -0.4 is 5.32 Å². The van der Waals surface area contributed by atoms with Crippen molar-refractivity contribution in [3.8, 4) is 6.07 Å². The molecule has 2 aliphatic rings. The lowest BCUT2D eigenvalue weighted by atomic mass is 9.95. The SMILES string of the molecule is Cc1cc(C)c(C#N)c(N[C@@H]2C[C@H]3CC[C@@H]2O3)n1. The smallest absolute Gasteiger partial charge is 0.144 e. The molecular formula is C14H17N3O. The van der Waals surface area contributed by atoms with E-state index in [-0.39, 0.29) is 0 Å². The lowest BCUT2D eigenvalue weighted by Crippen LogP contribution is -2.31. The molecule has 2 bridgehead atoms. The third-order valence-corrected chi connectivity index (χ3v) is 3.88. The van der Waals surface area contributed by atoms with Gasteiger partial charge in [0.15, 0.2) is 0 Å². The predicted molar refractivity (Wildman–Crippen MR) is 68.3 cm³/mol. The third-order valence-electron chi connectivity index (χ3n) is 3.88. The summed E-state index contributed by atoms with van der Waals surface area (Å²) in [6, 6.07) is 4.50. The number of anilines is 1. The molecule has 2 saturated heterocycles. The van der Waals surface area contributed by atoms with Crippen LogP contribution in [0.5, 0.6) is 0 Å². The van der Waals surface area contributed by atoms with Gasteiger partial charge in [-0.1, -0.05) is 0 Å². The van der Waals surface area contributed by atoms with E-state index in [9.17, 15) is 5.26 Å². The highest BCUT2D eigenvalue weighted by Crippen LogP contribution is 2.36. The molecule has 4 nitrogen and oxygen atoms in total. The Morgan fingerprint density at radius 2 is 2.28 bits per heavy atom. The highest BCUT2D eigenvalue weighted by molar-refractivity contribution is 5.57. The Hall–Kier alpha value is -1.60. The summed E-state index contributed by atoms with van der Waals surface area (Å²) >= 11 is 0. The molecule has 0 amide bonds. The van der Waals surface area contributed by atoms with Crippen LogP contribution in [0.2, 0.25) is 0 Å². The molecule has 1 aromatic rings. The minimum atomic E-state index is 0.296. The number of ether oxygens (including phenoxy) is 1. The number of fused-ring (bicyclic) bond motifs is 2. The maximum Gasteiger partial charge on any atom is 0.144 e. The first kappa shape index (κ1) is 11.5. The number of pyridine rings is 1. The van der Waals surface area contributed by atoms with Gasteiger partial charge < -0.3 is 10.1 Å². The molecule has 18 heavy (non-hydrogen) atoms. The van der Waals surface area contributed by atoms with Crippen LogP contribution >= 0.6 is 0 Å². The van der Waals surface area contributed by atoms with E-state index < -0.39 is 0 Å². The van der Waals surface area contributed by atoms with Crippen molar-refractivity contribution in [2.45, 2.75) is 51.4 Å². The average molecular weight is 243 g/mol. The van der Waals surface area contributed by atoms with Crippen molar-refractivity contribution in [1.82, 2.24) is 4.98 Å². The van der Waals surface area contributed by atoms with Gasteiger partial charge in [-0.15, -0.1) is 0 Å². The van der Waals surface area contributed by atoms with E-state index in [1.807, 2.05) is 19.9 Å². The summed E-state index contributed by atoms with van der Waals surface area (Å²) in [5.74, 6) is 0.719. The molecule has 3 atom stereocenters. The van der Waals surface area contributed by atoms with E-state index in [2.05, 4.69) is 16.4 Å². The summed E-state index contributed by atoms with van der Waals surface area (Å²) in [6.45, 7) is 3.91. The minimum Gasteiger partial charge on any atom is -0.373 e. The van der Waals surface area contributed by atoms with Crippen molar-refractivity contribution >= 4 is 5.82 Å². The van der Waals surface area contributed by atoms with Gasteiger partial charge in [0.1, 0.15) is 11.9 Å².